The summed E-state index contributed by atoms with van der Waals surface area (Å²) in [6.07, 6.45) is 0. The Morgan fingerprint density at radius 1 is 1.48 bits per heavy atom. The molecule has 1 fully saturated rings. The Labute approximate surface area is 138 Å². The SMILES string of the molecule is CCOC(=O)[C@H]1[C@H](c2ccc([N+](=O)[O-])cc2)NC(=S)N[C@]1(C)O. The Bertz CT molecular complexity index is 632. The van der Waals surface area contributed by atoms with E-state index in [1.54, 1.807) is 6.92 Å². The van der Waals surface area contributed by atoms with E-state index in [1.165, 1.54) is 31.2 Å². The highest BCUT2D eigenvalue weighted by Gasteiger charge is 2.48. The number of nitrogens with zero attached hydrogens (tertiary/aromatic N) is 1. The molecule has 0 aromatic heterocycles. The first-order valence-corrected chi connectivity index (χ1v) is 7.39. The van der Waals surface area contributed by atoms with Crippen molar-refractivity contribution in [3.8, 4) is 0 Å². The van der Waals surface area contributed by atoms with Crippen LogP contribution in [0.4, 0.5) is 5.69 Å². The van der Waals surface area contributed by atoms with Crippen LogP contribution in [0.1, 0.15) is 25.5 Å². The second-order valence-electron chi connectivity index (χ2n) is 5.30. The van der Waals surface area contributed by atoms with Crippen molar-refractivity contribution >= 4 is 29.0 Å². The molecule has 0 bridgehead atoms. The van der Waals surface area contributed by atoms with Crippen molar-refractivity contribution < 1.29 is 19.6 Å². The topological polar surface area (TPSA) is 114 Å². The zero-order chi connectivity index (χ0) is 17.2. The van der Waals surface area contributed by atoms with Crippen molar-refractivity contribution in [2.24, 2.45) is 5.92 Å². The van der Waals surface area contributed by atoms with E-state index < -0.39 is 28.6 Å². The third-order valence-electron chi connectivity index (χ3n) is 3.60. The number of benzene rings is 1. The predicted octanol–water partition coefficient (Wildman–Crippen LogP) is 1.00. The van der Waals surface area contributed by atoms with Crippen LogP contribution in [0.3, 0.4) is 0 Å². The average molecular weight is 339 g/mol. The molecule has 1 heterocycles. The van der Waals surface area contributed by atoms with Gasteiger partial charge in [0.2, 0.25) is 0 Å². The lowest BCUT2D eigenvalue weighted by molar-refractivity contribution is -0.384. The van der Waals surface area contributed by atoms with Gasteiger partial charge < -0.3 is 20.5 Å². The average Bonchev–Trinajstić information content (AvgIpc) is 2.45. The van der Waals surface area contributed by atoms with Crippen LogP contribution in [0.5, 0.6) is 0 Å². The molecule has 23 heavy (non-hydrogen) atoms. The molecule has 3 N–H and O–H groups in total. The summed E-state index contributed by atoms with van der Waals surface area (Å²) >= 11 is 5.06. The normalized spacial score (nSPS) is 26.8. The molecule has 3 atom stereocenters. The fourth-order valence-electron chi connectivity index (χ4n) is 2.57. The molecule has 1 aromatic rings. The van der Waals surface area contributed by atoms with Crippen molar-refractivity contribution in [2.45, 2.75) is 25.6 Å². The molecule has 0 amide bonds. The summed E-state index contributed by atoms with van der Waals surface area (Å²) in [6, 6.07) is 5.04. The van der Waals surface area contributed by atoms with E-state index in [2.05, 4.69) is 10.6 Å². The fraction of sp³-hybridized carbons (Fsp3) is 0.429. The van der Waals surface area contributed by atoms with Crippen LogP contribution in [0.2, 0.25) is 0 Å². The van der Waals surface area contributed by atoms with Gasteiger partial charge >= 0.3 is 5.97 Å². The number of nitro groups is 1. The van der Waals surface area contributed by atoms with E-state index in [0.717, 1.165) is 0 Å². The zero-order valence-electron chi connectivity index (χ0n) is 12.6. The first-order chi connectivity index (χ1) is 10.8. The molecule has 1 aromatic carbocycles. The Morgan fingerprint density at radius 2 is 2.09 bits per heavy atom. The second kappa shape index (κ2) is 6.47. The standard InChI is InChI=1S/C14H17N3O5S/c1-3-22-12(18)10-11(15-13(23)16-14(10,2)19)8-4-6-9(7-5-8)17(20)21/h4-7,10-11,19H,3H2,1-2H3,(H2,15,16,23)/t10-,11+,14-/m1/s1. The summed E-state index contributed by atoms with van der Waals surface area (Å²) in [7, 11) is 0. The maximum atomic E-state index is 12.3. The van der Waals surface area contributed by atoms with Gasteiger partial charge in [-0.2, -0.15) is 0 Å². The van der Waals surface area contributed by atoms with Gasteiger partial charge in [0.1, 0.15) is 11.6 Å². The van der Waals surface area contributed by atoms with E-state index in [4.69, 9.17) is 17.0 Å². The van der Waals surface area contributed by atoms with Gasteiger partial charge in [0.05, 0.1) is 17.6 Å². The summed E-state index contributed by atoms with van der Waals surface area (Å²) in [5.74, 6) is -1.57. The molecule has 124 valence electrons. The van der Waals surface area contributed by atoms with E-state index in [1.807, 2.05) is 0 Å². The maximum absolute atomic E-state index is 12.3. The number of carbonyl (C=O) groups is 1. The quantitative estimate of drug-likeness (QED) is 0.322. The Morgan fingerprint density at radius 3 is 2.61 bits per heavy atom. The summed E-state index contributed by atoms with van der Waals surface area (Å²) in [5.41, 5.74) is -1.09. The first-order valence-electron chi connectivity index (χ1n) is 6.98. The van der Waals surface area contributed by atoms with Crippen molar-refractivity contribution in [3.63, 3.8) is 0 Å². The number of non-ortho nitro benzene ring substituents is 1. The highest BCUT2D eigenvalue weighted by molar-refractivity contribution is 7.80. The fourth-order valence-corrected chi connectivity index (χ4v) is 2.90. The van der Waals surface area contributed by atoms with Crippen molar-refractivity contribution in [3.05, 3.63) is 39.9 Å². The number of esters is 1. The van der Waals surface area contributed by atoms with Gasteiger partial charge in [0.15, 0.2) is 5.11 Å². The van der Waals surface area contributed by atoms with Crippen LogP contribution in [0.25, 0.3) is 0 Å². The van der Waals surface area contributed by atoms with Crippen molar-refractivity contribution in [2.75, 3.05) is 6.61 Å². The number of ether oxygens (including phenoxy) is 1. The van der Waals surface area contributed by atoms with E-state index >= 15 is 0 Å². The monoisotopic (exact) mass is 339 g/mol. The van der Waals surface area contributed by atoms with Crippen LogP contribution in [-0.4, -0.2) is 33.4 Å². The summed E-state index contributed by atoms with van der Waals surface area (Å²) in [5, 5.41) is 27.0. The van der Waals surface area contributed by atoms with Crippen LogP contribution in [0, 0.1) is 16.0 Å². The smallest absolute Gasteiger partial charge is 0.316 e. The largest absolute Gasteiger partial charge is 0.466 e. The number of rotatable bonds is 4. The van der Waals surface area contributed by atoms with Crippen molar-refractivity contribution in [1.82, 2.24) is 10.6 Å². The van der Waals surface area contributed by atoms with E-state index in [9.17, 15) is 20.0 Å². The van der Waals surface area contributed by atoms with E-state index in [-0.39, 0.29) is 17.4 Å². The number of carbonyl (C=O) groups excluding carboxylic acids is 1. The third kappa shape index (κ3) is 3.57. The molecule has 2 rings (SSSR count). The third-order valence-corrected chi connectivity index (χ3v) is 3.82. The highest BCUT2D eigenvalue weighted by atomic mass is 32.1. The number of thiocarbonyl (C=S) groups is 1. The van der Waals surface area contributed by atoms with Gasteiger partial charge in [-0.25, -0.2) is 0 Å². The minimum Gasteiger partial charge on any atom is -0.466 e. The molecule has 0 saturated carbocycles. The predicted molar refractivity (Wildman–Crippen MR) is 85.5 cm³/mol. The van der Waals surface area contributed by atoms with E-state index in [0.29, 0.717) is 5.56 Å². The summed E-state index contributed by atoms with van der Waals surface area (Å²) < 4.78 is 5.04. The number of hydrogen-bond acceptors (Lipinski definition) is 6. The van der Waals surface area contributed by atoms with Crippen LogP contribution in [-0.2, 0) is 9.53 Å². The minimum absolute atomic E-state index is 0.0651. The van der Waals surface area contributed by atoms with Gasteiger partial charge in [0, 0.05) is 12.1 Å². The molecule has 0 spiro atoms. The zero-order valence-corrected chi connectivity index (χ0v) is 13.4. The number of hydrogen-bond donors (Lipinski definition) is 3. The molecular weight excluding hydrogens is 322 g/mol. The molecule has 0 unspecified atom stereocenters. The molecule has 0 radical (unpaired) electrons. The summed E-state index contributed by atoms with van der Waals surface area (Å²) in [6.45, 7) is 3.27. The van der Waals surface area contributed by atoms with Crippen LogP contribution >= 0.6 is 12.2 Å². The molecule has 8 nitrogen and oxygen atoms in total. The van der Waals surface area contributed by atoms with Crippen LogP contribution < -0.4 is 10.6 Å². The lowest BCUT2D eigenvalue weighted by atomic mass is 9.83. The Hall–Kier alpha value is -2.26. The summed E-state index contributed by atoms with van der Waals surface area (Å²) in [4.78, 5) is 22.5. The lowest BCUT2D eigenvalue weighted by Gasteiger charge is -2.43. The first kappa shape index (κ1) is 17.1. The lowest BCUT2D eigenvalue weighted by Crippen LogP contribution is -2.65. The molecule has 1 aliphatic rings. The Balaban J connectivity index is 2.40. The second-order valence-corrected chi connectivity index (χ2v) is 5.71. The van der Waals surface area contributed by atoms with Gasteiger partial charge in [-0.05, 0) is 31.6 Å². The van der Waals surface area contributed by atoms with Gasteiger partial charge in [-0.3, -0.25) is 14.9 Å². The highest BCUT2D eigenvalue weighted by Crippen LogP contribution is 2.34. The molecular formula is C14H17N3O5S. The molecule has 1 aliphatic heterocycles. The minimum atomic E-state index is -1.61. The van der Waals surface area contributed by atoms with Gasteiger partial charge in [0.25, 0.3) is 5.69 Å². The van der Waals surface area contributed by atoms with Gasteiger partial charge in [-0.1, -0.05) is 12.1 Å². The molecule has 0 aliphatic carbocycles. The number of nitro benzene ring substituents is 1. The molecule has 1 saturated heterocycles. The number of aliphatic hydroxyl groups is 1. The Kier molecular flexibility index (Phi) is 4.81. The maximum Gasteiger partial charge on any atom is 0.316 e. The molecule has 9 heteroatoms. The van der Waals surface area contributed by atoms with Crippen LogP contribution in [0.15, 0.2) is 24.3 Å². The van der Waals surface area contributed by atoms with Gasteiger partial charge in [-0.15, -0.1) is 0 Å². The van der Waals surface area contributed by atoms with Crippen molar-refractivity contribution in [1.29, 1.82) is 0 Å². The number of nitrogens with one attached hydrogen (secondary N) is 2.